The number of hydrogen-bond acceptors (Lipinski definition) is 4. The Morgan fingerprint density at radius 1 is 1.33 bits per heavy atom. The van der Waals surface area contributed by atoms with Crippen molar-refractivity contribution in [1.82, 2.24) is 0 Å². The summed E-state index contributed by atoms with van der Waals surface area (Å²) in [5, 5.41) is 15.0. The summed E-state index contributed by atoms with van der Waals surface area (Å²) < 4.78 is 38.4. The van der Waals surface area contributed by atoms with Gasteiger partial charge in [-0.3, -0.25) is 10.1 Å². The predicted octanol–water partition coefficient (Wildman–Crippen LogP) is 5.05. The summed E-state index contributed by atoms with van der Waals surface area (Å²) in [6.07, 6.45) is -4.42. The lowest BCUT2D eigenvalue weighted by Gasteiger charge is -2.12. The molecule has 0 saturated heterocycles. The monoisotopic (exact) mass is 380 g/mol. The van der Waals surface area contributed by atoms with Crippen LogP contribution in [0, 0.1) is 10.1 Å². The quantitative estimate of drug-likeness (QED) is 0.596. The van der Waals surface area contributed by atoms with E-state index in [-0.39, 0.29) is 17.2 Å². The molecule has 0 aliphatic carbocycles. The molecule has 0 atom stereocenters. The zero-order valence-corrected chi connectivity index (χ0v) is 12.7. The fourth-order valence-corrected chi connectivity index (χ4v) is 2.70. The number of nitrogens with one attached hydrogen (secondary N) is 1. The van der Waals surface area contributed by atoms with Crippen LogP contribution in [0.25, 0.3) is 0 Å². The maximum atomic E-state index is 12.6. The minimum atomic E-state index is -4.42. The average Bonchev–Trinajstić information content (AvgIpc) is 2.85. The number of thiophene rings is 1. The van der Waals surface area contributed by atoms with Gasteiger partial charge >= 0.3 is 11.2 Å². The second kappa shape index (κ2) is 6.02. The van der Waals surface area contributed by atoms with Gasteiger partial charge in [-0.05, 0) is 39.7 Å². The molecule has 4 nitrogen and oxygen atoms in total. The highest BCUT2D eigenvalue weighted by Crippen LogP contribution is 2.34. The third kappa shape index (κ3) is 3.94. The lowest BCUT2D eigenvalue weighted by Crippen LogP contribution is -2.06. The summed E-state index contributed by atoms with van der Waals surface area (Å²) in [7, 11) is 0. The fraction of sp³-hybridized carbons (Fsp3) is 0.167. The molecule has 9 heteroatoms. The smallest absolute Gasteiger partial charge is 0.380 e. The van der Waals surface area contributed by atoms with Crippen molar-refractivity contribution in [1.29, 1.82) is 0 Å². The van der Waals surface area contributed by atoms with Gasteiger partial charge in [-0.2, -0.15) is 13.2 Å². The van der Waals surface area contributed by atoms with E-state index in [2.05, 4.69) is 21.2 Å². The Kier molecular flexibility index (Phi) is 4.52. The summed E-state index contributed by atoms with van der Waals surface area (Å²) in [6.45, 7) is 0.199. The third-order valence-electron chi connectivity index (χ3n) is 2.60. The summed E-state index contributed by atoms with van der Waals surface area (Å²) in [4.78, 5) is 10.1. The number of nitro groups is 1. The van der Waals surface area contributed by atoms with Crippen molar-refractivity contribution in [2.24, 2.45) is 0 Å². The highest BCUT2D eigenvalue weighted by atomic mass is 79.9. The van der Waals surface area contributed by atoms with Gasteiger partial charge in [0.2, 0.25) is 0 Å². The van der Waals surface area contributed by atoms with Gasteiger partial charge in [0.05, 0.1) is 10.5 Å². The second-order valence-corrected chi connectivity index (χ2v) is 5.84. The summed E-state index contributed by atoms with van der Waals surface area (Å²) in [5.41, 5.74) is 0.152. The maximum Gasteiger partial charge on any atom is 0.416 e. The molecule has 0 radical (unpaired) electrons. The van der Waals surface area contributed by atoms with Gasteiger partial charge in [-0.1, -0.05) is 11.3 Å². The number of halogens is 4. The van der Waals surface area contributed by atoms with E-state index < -0.39 is 16.7 Å². The number of anilines is 1. The normalized spacial score (nSPS) is 11.4. The SMILES string of the molecule is O=[N+]([O-])c1cc(CNc2cc(C(F)(F)F)ccc2Br)cs1. The molecule has 0 fully saturated rings. The summed E-state index contributed by atoms with van der Waals surface area (Å²) in [5.74, 6) is 0. The zero-order valence-electron chi connectivity index (χ0n) is 10.3. The van der Waals surface area contributed by atoms with Crippen LogP contribution in [0.5, 0.6) is 0 Å². The first kappa shape index (κ1) is 15.8. The Bertz CT molecular complexity index is 673. The predicted molar refractivity (Wildman–Crippen MR) is 77.4 cm³/mol. The molecule has 0 bridgehead atoms. The highest BCUT2D eigenvalue weighted by Gasteiger charge is 2.30. The van der Waals surface area contributed by atoms with E-state index in [1.807, 2.05) is 0 Å². The molecular formula is C12H8BrF3N2O2S. The first-order chi connectivity index (χ1) is 9.77. The molecule has 0 saturated carbocycles. The fourth-order valence-electron chi connectivity index (χ4n) is 1.59. The summed E-state index contributed by atoms with van der Waals surface area (Å²) >= 11 is 4.14. The van der Waals surface area contributed by atoms with Crippen LogP contribution in [0.2, 0.25) is 0 Å². The van der Waals surface area contributed by atoms with Crippen molar-refractivity contribution in [3.05, 3.63) is 55.4 Å². The Morgan fingerprint density at radius 3 is 2.62 bits per heavy atom. The van der Waals surface area contributed by atoms with Gasteiger partial charge in [-0.25, -0.2) is 0 Å². The van der Waals surface area contributed by atoms with E-state index in [0.717, 1.165) is 23.5 Å². The molecule has 2 aromatic rings. The van der Waals surface area contributed by atoms with Gasteiger partial charge in [0.15, 0.2) is 0 Å². The number of alkyl halides is 3. The largest absolute Gasteiger partial charge is 0.416 e. The Labute approximate surface area is 129 Å². The topological polar surface area (TPSA) is 55.2 Å². The standard InChI is InChI=1S/C12H8BrF3N2O2S/c13-9-2-1-8(12(14,15)16)4-10(9)17-5-7-3-11(18(19)20)21-6-7/h1-4,6,17H,5H2. The van der Waals surface area contributed by atoms with Crippen LogP contribution in [-0.4, -0.2) is 4.92 Å². The molecule has 0 spiro atoms. The van der Waals surface area contributed by atoms with Crippen molar-refractivity contribution in [3.63, 3.8) is 0 Å². The van der Waals surface area contributed by atoms with Crippen LogP contribution in [0.1, 0.15) is 11.1 Å². The molecule has 2 rings (SSSR count). The van der Waals surface area contributed by atoms with Crippen molar-refractivity contribution >= 4 is 38.0 Å². The third-order valence-corrected chi connectivity index (χ3v) is 4.22. The number of nitrogens with zero attached hydrogens (tertiary/aromatic N) is 1. The van der Waals surface area contributed by atoms with Gasteiger partial charge in [0.25, 0.3) is 0 Å². The van der Waals surface area contributed by atoms with Gasteiger partial charge in [0, 0.05) is 28.2 Å². The highest BCUT2D eigenvalue weighted by molar-refractivity contribution is 9.10. The first-order valence-electron chi connectivity index (χ1n) is 5.60. The number of hydrogen-bond donors (Lipinski definition) is 1. The van der Waals surface area contributed by atoms with Gasteiger partial charge in [-0.15, -0.1) is 0 Å². The van der Waals surface area contributed by atoms with Crippen molar-refractivity contribution < 1.29 is 18.1 Å². The molecule has 1 heterocycles. The van der Waals surface area contributed by atoms with Crippen LogP contribution in [0.15, 0.2) is 34.1 Å². The van der Waals surface area contributed by atoms with Crippen molar-refractivity contribution in [3.8, 4) is 0 Å². The average molecular weight is 381 g/mol. The first-order valence-corrected chi connectivity index (χ1v) is 7.27. The van der Waals surface area contributed by atoms with E-state index in [9.17, 15) is 23.3 Å². The lowest BCUT2D eigenvalue weighted by molar-refractivity contribution is -0.380. The van der Waals surface area contributed by atoms with E-state index in [1.54, 1.807) is 5.38 Å². The van der Waals surface area contributed by atoms with Crippen LogP contribution in [0.3, 0.4) is 0 Å². The van der Waals surface area contributed by atoms with Crippen molar-refractivity contribution in [2.75, 3.05) is 5.32 Å². The van der Waals surface area contributed by atoms with Gasteiger partial charge in [0.1, 0.15) is 0 Å². The minimum Gasteiger partial charge on any atom is -0.380 e. The van der Waals surface area contributed by atoms with Crippen LogP contribution < -0.4 is 5.32 Å². The van der Waals surface area contributed by atoms with E-state index in [1.165, 1.54) is 12.1 Å². The van der Waals surface area contributed by atoms with E-state index in [0.29, 0.717) is 10.0 Å². The zero-order chi connectivity index (χ0) is 15.6. The molecule has 0 aliphatic heterocycles. The Balaban J connectivity index is 2.13. The Morgan fingerprint density at radius 2 is 2.05 bits per heavy atom. The molecule has 1 N–H and O–H groups in total. The summed E-state index contributed by atoms with van der Waals surface area (Å²) in [6, 6.07) is 4.66. The number of rotatable bonds is 4. The van der Waals surface area contributed by atoms with Crippen LogP contribution >= 0.6 is 27.3 Å². The van der Waals surface area contributed by atoms with Crippen molar-refractivity contribution in [2.45, 2.75) is 12.7 Å². The molecule has 0 aliphatic rings. The lowest BCUT2D eigenvalue weighted by atomic mass is 10.2. The number of benzene rings is 1. The van der Waals surface area contributed by atoms with Gasteiger partial charge < -0.3 is 5.32 Å². The maximum absolute atomic E-state index is 12.6. The van der Waals surface area contributed by atoms with E-state index >= 15 is 0 Å². The van der Waals surface area contributed by atoms with Crippen LogP contribution in [0.4, 0.5) is 23.9 Å². The molecule has 0 unspecified atom stereocenters. The molecule has 1 aromatic heterocycles. The molecule has 112 valence electrons. The minimum absolute atomic E-state index is 0.00471. The van der Waals surface area contributed by atoms with E-state index in [4.69, 9.17) is 0 Å². The molecule has 21 heavy (non-hydrogen) atoms. The Hall–Kier alpha value is -1.61. The van der Waals surface area contributed by atoms with Crippen LogP contribution in [-0.2, 0) is 12.7 Å². The molecule has 0 amide bonds. The molecule has 1 aromatic carbocycles. The molecular weight excluding hydrogens is 373 g/mol. The second-order valence-electron chi connectivity index (χ2n) is 4.10.